The number of nitrogens with one attached hydrogen (secondary N) is 1. The number of oxazole rings is 1. The van der Waals surface area contributed by atoms with Gasteiger partial charge in [-0.1, -0.05) is 6.07 Å². The summed E-state index contributed by atoms with van der Waals surface area (Å²) in [5.41, 5.74) is 0.104. The predicted molar refractivity (Wildman–Crippen MR) is 86.0 cm³/mol. The molecule has 1 atom stereocenters. The van der Waals surface area contributed by atoms with E-state index >= 15 is 0 Å². The van der Waals surface area contributed by atoms with Crippen molar-refractivity contribution in [3.05, 3.63) is 36.2 Å². The Labute approximate surface area is 134 Å². The molecule has 3 rings (SSSR count). The molecule has 0 spiro atoms. The zero-order valence-corrected chi connectivity index (χ0v) is 13.3. The first-order valence-corrected chi connectivity index (χ1v) is 7.71. The number of piperidine rings is 1. The van der Waals surface area contributed by atoms with Gasteiger partial charge in [-0.05, 0) is 44.9 Å². The number of alkyl halides is 1. The third-order valence-electron chi connectivity index (χ3n) is 3.92. The van der Waals surface area contributed by atoms with Gasteiger partial charge < -0.3 is 14.6 Å². The first-order chi connectivity index (χ1) is 10.9. The van der Waals surface area contributed by atoms with E-state index in [0.717, 1.165) is 11.3 Å². The maximum absolute atomic E-state index is 14.1. The van der Waals surface area contributed by atoms with Gasteiger partial charge in [-0.3, -0.25) is 0 Å². The maximum Gasteiger partial charge on any atom is 0.321 e. The number of rotatable bonds is 2. The summed E-state index contributed by atoms with van der Waals surface area (Å²) < 4.78 is 19.6. The molecule has 2 heterocycles. The highest BCUT2D eigenvalue weighted by atomic mass is 19.1. The van der Waals surface area contributed by atoms with Crippen LogP contribution in [0, 0.1) is 6.92 Å². The highest BCUT2D eigenvalue weighted by Crippen LogP contribution is 2.26. The number of anilines is 1. The normalized spacial score (nSPS) is 21.3. The molecule has 5 nitrogen and oxygen atoms in total. The molecule has 0 saturated carbocycles. The lowest BCUT2D eigenvalue weighted by Crippen LogP contribution is -2.47. The summed E-state index contributed by atoms with van der Waals surface area (Å²) >= 11 is 0. The van der Waals surface area contributed by atoms with Crippen molar-refractivity contribution in [2.24, 2.45) is 0 Å². The Balaban J connectivity index is 1.71. The Morgan fingerprint density at radius 1 is 1.48 bits per heavy atom. The molecule has 1 aromatic heterocycles. The smallest absolute Gasteiger partial charge is 0.321 e. The van der Waals surface area contributed by atoms with Gasteiger partial charge in [0.1, 0.15) is 11.4 Å². The maximum atomic E-state index is 14.1. The van der Waals surface area contributed by atoms with Crippen LogP contribution in [-0.2, 0) is 0 Å². The number of likely N-dealkylation sites (tertiary alicyclic amines) is 1. The average molecular weight is 317 g/mol. The first kappa shape index (κ1) is 15.5. The van der Waals surface area contributed by atoms with Gasteiger partial charge in [-0.25, -0.2) is 14.2 Å². The van der Waals surface area contributed by atoms with Crippen LogP contribution >= 0.6 is 0 Å². The number of aryl methyl sites for hydroxylation is 1. The van der Waals surface area contributed by atoms with Crippen molar-refractivity contribution in [3.8, 4) is 11.5 Å². The monoisotopic (exact) mass is 317 g/mol. The van der Waals surface area contributed by atoms with Gasteiger partial charge in [0.05, 0.1) is 12.7 Å². The van der Waals surface area contributed by atoms with Crippen LogP contribution in [-0.4, -0.2) is 34.7 Å². The SMILES string of the molecule is Cc1cnc(-c2cccc(NC(=O)N3CCC[C@@](C)(F)C3)c2)o1. The van der Waals surface area contributed by atoms with Crippen molar-refractivity contribution in [2.75, 3.05) is 18.4 Å². The lowest BCUT2D eigenvalue weighted by Gasteiger charge is -2.35. The summed E-state index contributed by atoms with van der Waals surface area (Å²) in [5, 5.41) is 2.82. The number of aromatic nitrogens is 1. The van der Waals surface area contributed by atoms with Crippen LogP contribution < -0.4 is 5.32 Å². The van der Waals surface area contributed by atoms with Gasteiger partial charge >= 0.3 is 6.03 Å². The number of amides is 2. The number of benzene rings is 1. The van der Waals surface area contributed by atoms with Gasteiger partial charge in [0.25, 0.3) is 0 Å². The van der Waals surface area contributed by atoms with Crippen LogP contribution in [0.5, 0.6) is 0 Å². The van der Waals surface area contributed by atoms with E-state index in [1.54, 1.807) is 18.3 Å². The van der Waals surface area contributed by atoms with Crippen LogP contribution in [0.25, 0.3) is 11.5 Å². The number of nitrogens with zero attached hydrogens (tertiary/aromatic N) is 2. The minimum absolute atomic E-state index is 0.122. The molecular weight excluding hydrogens is 297 g/mol. The number of carbonyl (C=O) groups excluding carboxylic acids is 1. The second-order valence-corrected chi connectivity index (χ2v) is 6.23. The molecule has 0 aliphatic carbocycles. The Morgan fingerprint density at radius 2 is 2.30 bits per heavy atom. The lowest BCUT2D eigenvalue weighted by molar-refractivity contribution is 0.0808. The lowest BCUT2D eigenvalue weighted by atomic mass is 9.97. The van der Waals surface area contributed by atoms with E-state index < -0.39 is 5.67 Å². The molecule has 0 unspecified atom stereocenters. The van der Waals surface area contributed by atoms with Crippen LogP contribution in [0.1, 0.15) is 25.5 Å². The molecule has 1 aromatic carbocycles. The molecule has 1 N–H and O–H groups in total. The molecule has 0 radical (unpaired) electrons. The molecule has 122 valence electrons. The number of halogens is 1. The molecule has 2 aromatic rings. The van der Waals surface area contributed by atoms with Crippen molar-refractivity contribution in [1.29, 1.82) is 0 Å². The van der Waals surface area contributed by atoms with Gasteiger partial charge in [0.2, 0.25) is 5.89 Å². The Morgan fingerprint density at radius 3 is 3.00 bits per heavy atom. The minimum atomic E-state index is -1.31. The van der Waals surface area contributed by atoms with Crippen molar-refractivity contribution in [1.82, 2.24) is 9.88 Å². The second-order valence-electron chi connectivity index (χ2n) is 6.23. The molecule has 6 heteroatoms. The molecular formula is C17H20FN3O2. The minimum Gasteiger partial charge on any atom is -0.441 e. The fourth-order valence-electron chi connectivity index (χ4n) is 2.79. The van der Waals surface area contributed by atoms with Crippen LogP contribution in [0.3, 0.4) is 0 Å². The zero-order chi connectivity index (χ0) is 16.4. The highest BCUT2D eigenvalue weighted by molar-refractivity contribution is 5.90. The fourth-order valence-corrected chi connectivity index (χ4v) is 2.79. The molecule has 1 fully saturated rings. The Kier molecular flexibility index (Phi) is 4.07. The van der Waals surface area contributed by atoms with E-state index in [4.69, 9.17) is 4.42 Å². The van der Waals surface area contributed by atoms with Gasteiger partial charge in [-0.2, -0.15) is 0 Å². The third kappa shape index (κ3) is 3.70. The van der Waals surface area contributed by atoms with E-state index in [1.165, 1.54) is 11.8 Å². The summed E-state index contributed by atoms with van der Waals surface area (Å²) in [7, 11) is 0. The Hall–Kier alpha value is -2.37. The van der Waals surface area contributed by atoms with Crippen molar-refractivity contribution >= 4 is 11.7 Å². The van der Waals surface area contributed by atoms with Crippen LogP contribution in [0.4, 0.5) is 14.9 Å². The van der Waals surface area contributed by atoms with Crippen molar-refractivity contribution in [3.63, 3.8) is 0 Å². The van der Waals surface area contributed by atoms with Gasteiger partial charge in [-0.15, -0.1) is 0 Å². The van der Waals surface area contributed by atoms with Crippen molar-refractivity contribution < 1.29 is 13.6 Å². The zero-order valence-electron chi connectivity index (χ0n) is 13.3. The summed E-state index contributed by atoms with van der Waals surface area (Å²) in [6.45, 7) is 4.06. The quantitative estimate of drug-likeness (QED) is 0.910. The molecule has 23 heavy (non-hydrogen) atoms. The molecule has 1 aliphatic heterocycles. The van der Waals surface area contributed by atoms with E-state index in [9.17, 15) is 9.18 Å². The first-order valence-electron chi connectivity index (χ1n) is 7.71. The molecule has 0 bridgehead atoms. The predicted octanol–water partition coefficient (Wildman–Crippen LogP) is 4.01. The fraction of sp³-hybridized carbons (Fsp3) is 0.412. The standard InChI is InChI=1S/C17H20FN3O2/c1-12-10-19-15(23-12)13-5-3-6-14(9-13)20-16(22)21-8-4-7-17(2,18)11-21/h3,5-6,9-10H,4,7-8,11H2,1-2H3,(H,20,22)/t17-/m1/s1. The molecule has 2 amide bonds. The topological polar surface area (TPSA) is 58.4 Å². The second kappa shape index (κ2) is 6.02. The number of hydrogen-bond donors (Lipinski definition) is 1. The largest absolute Gasteiger partial charge is 0.441 e. The number of hydrogen-bond acceptors (Lipinski definition) is 3. The van der Waals surface area contributed by atoms with Crippen molar-refractivity contribution in [2.45, 2.75) is 32.4 Å². The van der Waals surface area contributed by atoms with E-state index in [-0.39, 0.29) is 12.6 Å². The highest BCUT2D eigenvalue weighted by Gasteiger charge is 2.32. The summed E-state index contributed by atoms with van der Waals surface area (Å²) in [4.78, 5) is 18.0. The van der Waals surface area contributed by atoms with Crippen LogP contribution in [0.15, 0.2) is 34.9 Å². The average Bonchev–Trinajstić information content (AvgIpc) is 2.93. The Bertz CT molecular complexity index is 711. The summed E-state index contributed by atoms with van der Waals surface area (Å²) in [5.74, 6) is 1.23. The van der Waals surface area contributed by atoms with Gasteiger partial charge in [0.15, 0.2) is 0 Å². The van der Waals surface area contributed by atoms with E-state index in [2.05, 4.69) is 10.3 Å². The van der Waals surface area contributed by atoms with Gasteiger partial charge in [0, 0.05) is 17.8 Å². The van der Waals surface area contributed by atoms with E-state index in [1.807, 2.05) is 19.1 Å². The third-order valence-corrected chi connectivity index (χ3v) is 3.92. The molecule has 1 saturated heterocycles. The number of urea groups is 1. The van der Waals surface area contributed by atoms with E-state index in [0.29, 0.717) is 31.0 Å². The summed E-state index contributed by atoms with van der Waals surface area (Å²) in [6.07, 6.45) is 2.82. The molecule has 1 aliphatic rings. The number of carbonyl (C=O) groups is 1. The summed E-state index contributed by atoms with van der Waals surface area (Å²) in [6, 6.07) is 6.98. The van der Waals surface area contributed by atoms with Crippen LogP contribution in [0.2, 0.25) is 0 Å².